The van der Waals surface area contributed by atoms with Crippen LogP contribution < -0.4 is 15.2 Å². The Balaban J connectivity index is 2.31. The summed E-state index contributed by atoms with van der Waals surface area (Å²) in [6, 6.07) is 9.13. The Morgan fingerprint density at radius 1 is 1.10 bits per heavy atom. The number of carbonyl (C=O) groups excluding carboxylic acids is 2. The van der Waals surface area contributed by atoms with Gasteiger partial charge in [0.15, 0.2) is 0 Å². The van der Waals surface area contributed by atoms with Crippen molar-refractivity contribution in [2.75, 3.05) is 7.11 Å². The summed E-state index contributed by atoms with van der Waals surface area (Å²) in [7, 11) is 1.44. The predicted octanol–water partition coefficient (Wildman–Crippen LogP) is 2.15. The lowest BCUT2D eigenvalue weighted by Crippen LogP contribution is -2.16. The standard InChI is InChI=1S/C15H12FNO4/c1-20-11-6-7-12(14(17)18)13(8-11)21-15(19)9-2-4-10(16)5-3-9/h2-8H,1H3,(H2,17,18). The third-order valence-corrected chi connectivity index (χ3v) is 2.74. The first kappa shape index (κ1) is 14.5. The highest BCUT2D eigenvalue weighted by Gasteiger charge is 2.16. The number of primary amides is 1. The predicted molar refractivity (Wildman–Crippen MR) is 72.9 cm³/mol. The molecule has 0 aliphatic carbocycles. The van der Waals surface area contributed by atoms with Crippen LogP contribution in [0.4, 0.5) is 4.39 Å². The number of esters is 1. The van der Waals surface area contributed by atoms with E-state index in [1.807, 2.05) is 0 Å². The number of rotatable bonds is 4. The minimum absolute atomic E-state index is 0.0174. The number of carbonyl (C=O) groups is 2. The molecular weight excluding hydrogens is 277 g/mol. The topological polar surface area (TPSA) is 78.6 Å². The van der Waals surface area contributed by atoms with E-state index in [0.717, 1.165) is 12.1 Å². The average Bonchev–Trinajstić information content (AvgIpc) is 2.47. The van der Waals surface area contributed by atoms with Gasteiger partial charge in [-0.2, -0.15) is 0 Å². The highest BCUT2D eigenvalue weighted by Crippen LogP contribution is 2.25. The van der Waals surface area contributed by atoms with Gasteiger partial charge in [-0.05, 0) is 36.4 Å². The number of ether oxygens (including phenoxy) is 2. The summed E-state index contributed by atoms with van der Waals surface area (Å²) in [4.78, 5) is 23.3. The van der Waals surface area contributed by atoms with Gasteiger partial charge in [-0.15, -0.1) is 0 Å². The van der Waals surface area contributed by atoms with Crippen molar-refractivity contribution in [1.29, 1.82) is 0 Å². The fourth-order valence-corrected chi connectivity index (χ4v) is 1.66. The molecular formula is C15H12FNO4. The van der Waals surface area contributed by atoms with Crippen LogP contribution in [-0.2, 0) is 0 Å². The van der Waals surface area contributed by atoms with Crippen molar-refractivity contribution in [3.63, 3.8) is 0 Å². The van der Waals surface area contributed by atoms with Crippen LogP contribution in [0.1, 0.15) is 20.7 Å². The maximum atomic E-state index is 12.8. The molecule has 2 aromatic carbocycles. The number of methoxy groups -OCH3 is 1. The van der Waals surface area contributed by atoms with Gasteiger partial charge >= 0.3 is 5.97 Å². The molecule has 108 valence electrons. The van der Waals surface area contributed by atoms with Gasteiger partial charge in [-0.3, -0.25) is 4.79 Å². The molecule has 2 N–H and O–H groups in total. The summed E-state index contributed by atoms with van der Waals surface area (Å²) >= 11 is 0. The highest BCUT2D eigenvalue weighted by atomic mass is 19.1. The van der Waals surface area contributed by atoms with E-state index in [1.165, 1.54) is 37.4 Å². The summed E-state index contributed by atoms with van der Waals surface area (Å²) < 4.78 is 22.9. The maximum Gasteiger partial charge on any atom is 0.343 e. The SMILES string of the molecule is COc1ccc(C(N)=O)c(OC(=O)c2ccc(F)cc2)c1. The summed E-state index contributed by atoms with van der Waals surface area (Å²) in [6.07, 6.45) is 0. The third kappa shape index (κ3) is 3.36. The van der Waals surface area contributed by atoms with Crippen LogP contribution in [-0.4, -0.2) is 19.0 Å². The van der Waals surface area contributed by atoms with Crippen LogP contribution >= 0.6 is 0 Å². The fraction of sp³-hybridized carbons (Fsp3) is 0.0667. The average molecular weight is 289 g/mol. The Morgan fingerprint density at radius 3 is 2.33 bits per heavy atom. The zero-order chi connectivity index (χ0) is 15.4. The smallest absolute Gasteiger partial charge is 0.343 e. The van der Waals surface area contributed by atoms with Crippen molar-refractivity contribution in [3.8, 4) is 11.5 Å². The lowest BCUT2D eigenvalue weighted by Gasteiger charge is -2.09. The second-order valence-electron chi connectivity index (χ2n) is 4.12. The molecule has 2 aromatic rings. The first-order chi connectivity index (χ1) is 10.0. The van der Waals surface area contributed by atoms with E-state index in [0.29, 0.717) is 5.75 Å². The summed E-state index contributed by atoms with van der Waals surface area (Å²) in [5, 5.41) is 0. The minimum atomic E-state index is -0.737. The number of benzene rings is 2. The molecule has 0 heterocycles. The van der Waals surface area contributed by atoms with Gasteiger partial charge in [0.25, 0.3) is 5.91 Å². The molecule has 21 heavy (non-hydrogen) atoms. The number of hydrogen-bond acceptors (Lipinski definition) is 4. The van der Waals surface area contributed by atoms with Crippen LogP contribution in [0.15, 0.2) is 42.5 Å². The second kappa shape index (κ2) is 6.04. The molecule has 0 aliphatic rings. The Bertz CT molecular complexity index is 683. The van der Waals surface area contributed by atoms with Crippen LogP contribution in [0.3, 0.4) is 0 Å². The Kier molecular flexibility index (Phi) is 4.18. The molecule has 0 spiro atoms. The molecule has 0 saturated heterocycles. The van der Waals surface area contributed by atoms with E-state index in [9.17, 15) is 14.0 Å². The van der Waals surface area contributed by atoms with E-state index in [2.05, 4.69) is 0 Å². The Labute approximate surface area is 120 Å². The van der Waals surface area contributed by atoms with E-state index in [1.54, 1.807) is 0 Å². The van der Waals surface area contributed by atoms with Crippen LogP contribution in [0.25, 0.3) is 0 Å². The number of halogens is 1. The molecule has 6 heteroatoms. The molecule has 0 radical (unpaired) electrons. The lowest BCUT2D eigenvalue weighted by molar-refractivity contribution is 0.0732. The van der Waals surface area contributed by atoms with Gasteiger partial charge in [0, 0.05) is 6.07 Å². The molecule has 0 fully saturated rings. The Hall–Kier alpha value is -2.89. The summed E-state index contributed by atoms with van der Waals surface area (Å²) in [5.74, 6) is -1.55. The molecule has 0 aromatic heterocycles. The van der Waals surface area contributed by atoms with Crippen molar-refractivity contribution in [1.82, 2.24) is 0 Å². The van der Waals surface area contributed by atoms with E-state index < -0.39 is 17.7 Å². The van der Waals surface area contributed by atoms with Gasteiger partial charge in [-0.25, -0.2) is 9.18 Å². The largest absolute Gasteiger partial charge is 0.497 e. The van der Waals surface area contributed by atoms with Gasteiger partial charge in [0.05, 0.1) is 18.2 Å². The van der Waals surface area contributed by atoms with Crippen LogP contribution in [0.2, 0.25) is 0 Å². The molecule has 5 nitrogen and oxygen atoms in total. The molecule has 2 rings (SSSR count). The molecule has 0 saturated carbocycles. The minimum Gasteiger partial charge on any atom is -0.497 e. The molecule has 0 aliphatic heterocycles. The second-order valence-corrected chi connectivity index (χ2v) is 4.12. The lowest BCUT2D eigenvalue weighted by atomic mass is 10.1. The number of nitrogens with two attached hydrogens (primary N) is 1. The highest BCUT2D eigenvalue weighted by molar-refractivity contribution is 5.98. The van der Waals surface area contributed by atoms with E-state index in [4.69, 9.17) is 15.2 Å². The van der Waals surface area contributed by atoms with Gasteiger partial charge < -0.3 is 15.2 Å². The molecule has 0 unspecified atom stereocenters. The molecule has 0 atom stereocenters. The molecule has 0 bridgehead atoms. The van der Waals surface area contributed by atoms with E-state index in [-0.39, 0.29) is 16.9 Å². The van der Waals surface area contributed by atoms with Crippen molar-refractivity contribution in [2.45, 2.75) is 0 Å². The number of hydrogen-bond donors (Lipinski definition) is 1. The Morgan fingerprint density at radius 2 is 1.76 bits per heavy atom. The van der Waals surface area contributed by atoms with Crippen molar-refractivity contribution < 1.29 is 23.5 Å². The van der Waals surface area contributed by atoms with Crippen molar-refractivity contribution in [2.24, 2.45) is 5.73 Å². The van der Waals surface area contributed by atoms with Crippen LogP contribution in [0, 0.1) is 5.82 Å². The van der Waals surface area contributed by atoms with Gasteiger partial charge in [-0.1, -0.05) is 0 Å². The zero-order valence-electron chi connectivity index (χ0n) is 11.1. The normalized spacial score (nSPS) is 10.0. The van der Waals surface area contributed by atoms with Gasteiger partial charge in [0.1, 0.15) is 17.3 Å². The quantitative estimate of drug-likeness (QED) is 0.691. The monoisotopic (exact) mass is 289 g/mol. The fourth-order valence-electron chi connectivity index (χ4n) is 1.66. The first-order valence-electron chi connectivity index (χ1n) is 5.97. The maximum absolute atomic E-state index is 12.8. The third-order valence-electron chi connectivity index (χ3n) is 2.74. The zero-order valence-corrected chi connectivity index (χ0v) is 11.1. The molecule has 1 amide bonds. The van der Waals surface area contributed by atoms with Gasteiger partial charge in [0.2, 0.25) is 0 Å². The number of amides is 1. The summed E-state index contributed by atoms with van der Waals surface area (Å²) in [5.41, 5.74) is 5.42. The summed E-state index contributed by atoms with van der Waals surface area (Å²) in [6.45, 7) is 0. The van der Waals surface area contributed by atoms with Crippen molar-refractivity contribution >= 4 is 11.9 Å². The first-order valence-corrected chi connectivity index (χ1v) is 5.97. The van der Waals surface area contributed by atoms with Crippen molar-refractivity contribution in [3.05, 3.63) is 59.4 Å². The van der Waals surface area contributed by atoms with Crippen LogP contribution in [0.5, 0.6) is 11.5 Å². The van der Waals surface area contributed by atoms with E-state index >= 15 is 0 Å².